The highest BCUT2D eigenvalue weighted by Gasteiger charge is 2.18. The van der Waals surface area contributed by atoms with Gasteiger partial charge in [-0.3, -0.25) is 15.1 Å². The lowest BCUT2D eigenvalue weighted by Crippen LogP contribution is -2.17. The van der Waals surface area contributed by atoms with E-state index in [2.05, 4.69) is 10.3 Å². The van der Waals surface area contributed by atoms with Gasteiger partial charge in [-0.1, -0.05) is 29.8 Å². The van der Waals surface area contributed by atoms with Gasteiger partial charge in [-0.15, -0.1) is 0 Å². The quantitative estimate of drug-likeness (QED) is 0.338. The van der Waals surface area contributed by atoms with Crippen molar-refractivity contribution < 1.29 is 28.2 Å². The SMILES string of the molecule is COc1cc2nccc(Oc3ccc(NC(=O)Oc4ccccc4)c(Cl)c3F)c2cc1C=O. The highest BCUT2D eigenvalue weighted by Crippen LogP contribution is 2.37. The molecule has 0 saturated heterocycles. The maximum atomic E-state index is 14.9. The third kappa shape index (κ3) is 4.70. The summed E-state index contributed by atoms with van der Waals surface area (Å²) in [7, 11) is 1.44. The number of amides is 1. The standard InChI is InChI=1S/C24H16ClFN2O5/c1-31-21-12-18-16(11-14(21)13-29)19(9-10-27-18)33-20-8-7-17(22(25)23(20)26)28-24(30)32-15-5-3-2-4-6-15/h2-13H,1H3,(H,28,30). The molecule has 0 aliphatic carbocycles. The summed E-state index contributed by atoms with van der Waals surface area (Å²) in [5.41, 5.74) is 0.788. The van der Waals surface area contributed by atoms with Crippen molar-refractivity contribution in [3.63, 3.8) is 0 Å². The van der Waals surface area contributed by atoms with Crippen molar-refractivity contribution in [3.05, 3.63) is 83.3 Å². The number of aromatic nitrogens is 1. The van der Waals surface area contributed by atoms with Gasteiger partial charge in [0.25, 0.3) is 0 Å². The Balaban J connectivity index is 1.59. The van der Waals surface area contributed by atoms with Gasteiger partial charge < -0.3 is 14.2 Å². The number of carbonyl (C=O) groups excluding carboxylic acids is 2. The van der Waals surface area contributed by atoms with Crippen LogP contribution in [0.1, 0.15) is 10.4 Å². The number of nitrogens with zero attached hydrogens (tertiary/aromatic N) is 1. The van der Waals surface area contributed by atoms with Crippen LogP contribution in [0.4, 0.5) is 14.9 Å². The number of methoxy groups -OCH3 is 1. The Morgan fingerprint density at radius 2 is 1.85 bits per heavy atom. The summed E-state index contributed by atoms with van der Waals surface area (Å²) in [6.45, 7) is 0. The second kappa shape index (κ2) is 9.54. The van der Waals surface area contributed by atoms with Crippen molar-refractivity contribution in [2.24, 2.45) is 0 Å². The summed E-state index contributed by atoms with van der Waals surface area (Å²) in [6, 6.07) is 15.7. The molecule has 0 atom stereocenters. The fraction of sp³-hybridized carbons (Fsp3) is 0.0417. The second-order valence-electron chi connectivity index (χ2n) is 6.71. The average molecular weight is 467 g/mol. The molecule has 0 saturated carbocycles. The molecule has 0 bridgehead atoms. The molecule has 1 heterocycles. The summed E-state index contributed by atoms with van der Waals surface area (Å²) >= 11 is 6.12. The lowest BCUT2D eigenvalue weighted by atomic mass is 10.1. The number of pyridine rings is 1. The van der Waals surface area contributed by atoms with Crippen LogP contribution in [0, 0.1) is 5.82 Å². The van der Waals surface area contributed by atoms with E-state index in [4.69, 9.17) is 25.8 Å². The molecule has 9 heteroatoms. The molecule has 4 rings (SSSR count). The van der Waals surface area contributed by atoms with Crippen LogP contribution in [-0.4, -0.2) is 24.5 Å². The third-order valence-electron chi connectivity index (χ3n) is 4.64. The van der Waals surface area contributed by atoms with Gasteiger partial charge in [0.15, 0.2) is 17.9 Å². The summed E-state index contributed by atoms with van der Waals surface area (Å²) in [6.07, 6.45) is 1.29. The van der Waals surface area contributed by atoms with Gasteiger partial charge in [0.2, 0.25) is 0 Å². The number of hydrogen-bond donors (Lipinski definition) is 1. The van der Waals surface area contributed by atoms with Gasteiger partial charge >= 0.3 is 6.09 Å². The fourth-order valence-corrected chi connectivity index (χ4v) is 3.28. The lowest BCUT2D eigenvalue weighted by Gasteiger charge is -2.14. The van der Waals surface area contributed by atoms with Crippen molar-refractivity contribution in [2.45, 2.75) is 0 Å². The van der Waals surface area contributed by atoms with E-state index in [1.165, 1.54) is 31.5 Å². The minimum atomic E-state index is -0.886. The Labute approximate surface area is 192 Å². The molecule has 0 spiro atoms. The van der Waals surface area contributed by atoms with Gasteiger partial charge in [-0.05, 0) is 36.4 Å². The number of ether oxygens (including phenoxy) is 3. The summed E-state index contributed by atoms with van der Waals surface area (Å²) < 4.78 is 31.0. The minimum absolute atomic E-state index is 0.00927. The van der Waals surface area contributed by atoms with Crippen molar-refractivity contribution >= 4 is 40.6 Å². The Bertz CT molecular complexity index is 1350. The molecular formula is C24H16ClFN2O5. The number of hydrogen-bond acceptors (Lipinski definition) is 6. The van der Waals surface area contributed by atoms with E-state index in [1.807, 2.05) is 0 Å². The molecule has 0 unspecified atom stereocenters. The first-order valence-corrected chi connectivity index (χ1v) is 9.99. The Morgan fingerprint density at radius 3 is 2.58 bits per heavy atom. The van der Waals surface area contributed by atoms with Crippen LogP contribution in [0.15, 0.2) is 66.9 Å². The first-order chi connectivity index (χ1) is 16.0. The van der Waals surface area contributed by atoms with E-state index in [0.29, 0.717) is 28.7 Å². The number of rotatable bonds is 6. The first-order valence-electron chi connectivity index (χ1n) is 9.62. The van der Waals surface area contributed by atoms with Crippen LogP contribution < -0.4 is 19.5 Å². The van der Waals surface area contributed by atoms with Gasteiger partial charge in [-0.2, -0.15) is 0 Å². The van der Waals surface area contributed by atoms with E-state index >= 15 is 0 Å². The second-order valence-corrected chi connectivity index (χ2v) is 7.09. The topological polar surface area (TPSA) is 86.8 Å². The molecular weight excluding hydrogens is 451 g/mol. The Morgan fingerprint density at radius 1 is 1.06 bits per heavy atom. The van der Waals surface area contributed by atoms with Crippen LogP contribution in [0.2, 0.25) is 5.02 Å². The van der Waals surface area contributed by atoms with Crippen LogP contribution in [0.3, 0.4) is 0 Å². The zero-order chi connectivity index (χ0) is 23.4. The molecule has 0 aliphatic heterocycles. The number of anilines is 1. The smallest absolute Gasteiger partial charge is 0.417 e. The molecule has 33 heavy (non-hydrogen) atoms. The lowest BCUT2D eigenvalue weighted by molar-refractivity contribution is 0.112. The third-order valence-corrected chi connectivity index (χ3v) is 5.01. The van der Waals surface area contributed by atoms with E-state index in [1.54, 1.807) is 42.5 Å². The van der Waals surface area contributed by atoms with Crippen molar-refractivity contribution in [3.8, 4) is 23.0 Å². The predicted molar refractivity (Wildman–Crippen MR) is 121 cm³/mol. The molecule has 1 amide bonds. The first kappa shape index (κ1) is 22.0. The predicted octanol–water partition coefficient (Wildman–Crippen LogP) is 6.25. The summed E-state index contributed by atoms with van der Waals surface area (Å²) in [5, 5.41) is 2.52. The van der Waals surface area contributed by atoms with Gasteiger partial charge in [0, 0.05) is 17.6 Å². The number of nitrogens with one attached hydrogen (secondary N) is 1. The maximum Gasteiger partial charge on any atom is 0.417 e. The highest BCUT2D eigenvalue weighted by atomic mass is 35.5. The van der Waals surface area contributed by atoms with E-state index in [-0.39, 0.29) is 27.8 Å². The number of halogens is 2. The zero-order valence-corrected chi connectivity index (χ0v) is 17.9. The van der Waals surface area contributed by atoms with Crippen LogP contribution in [-0.2, 0) is 0 Å². The Hall–Kier alpha value is -4.17. The summed E-state index contributed by atoms with van der Waals surface area (Å²) in [4.78, 5) is 27.7. The fourth-order valence-electron chi connectivity index (χ4n) is 3.08. The molecule has 0 fully saturated rings. The number of fused-ring (bicyclic) bond motifs is 1. The van der Waals surface area contributed by atoms with Crippen LogP contribution >= 0.6 is 11.6 Å². The van der Waals surface area contributed by atoms with E-state index in [9.17, 15) is 14.0 Å². The highest BCUT2D eigenvalue weighted by molar-refractivity contribution is 6.34. The van der Waals surface area contributed by atoms with Crippen molar-refractivity contribution in [2.75, 3.05) is 12.4 Å². The largest absolute Gasteiger partial charge is 0.496 e. The monoisotopic (exact) mass is 466 g/mol. The van der Waals surface area contributed by atoms with Gasteiger partial charge in [0.1, 0.15) is 22.3 Å². The van der Waals surface area contributed by atoms with Crippen LogP contribution in [0.25, 0.3) is 10.9 Å². The molecule has 0 radical (unpaired) electrons. The number of para-hydroxylation sites is 1. The minimum Gasteiger partial charge on any atom is -0.496 e. The zero-order valence-electron chi connectivity index (χ0n) is 17.2. The molecule has 4 aromatic rings. The molecule has 7 nitrogen and oxygen atoms in total. The molecule has 1 N–H and O–H groups in total. The molecule has 1 aromatic heterocycles. The number of aldehydes is 1. The van der Waals surface area contributed by atoms with E-state index in [0.717, 1.165) is 0 Å². The molecule has 166 valence electrons. The average Bonchev–Trinajstić information content (AvgIpc) is 2.83. The van der Waals surface area contributed by atoms with E-state index < -0.39 is 11.9 Å². The normalized spacial score (nSPS) is 10.5. The molecule has 3 aromatic carbocycles. The number of benzene rings is 3. The van der Waals surface area contributed by atoms with Gasteiger partial charge in [0.05, 0.1) is 23.9 Å². The Kier molecular flexibility index (Phi) is 6.37. The molecule has 0 aliphatic rings. The van der Waals surface area contributed by atoms with Gasteiger partial charge in [-0.25, -0.2) is 9.18 Å². The summed E-state index contributed by atoms with van der Waals surface area (Å²) in [5.74, 6) is -0.136. The van der Waals surface area contributed by atoms with Crippen molar-refractivity contribution in [1.82, 2.24) is 4.98 Å². The maximum absolute atomic E-state index is 14.9. The van der Waals surface area contributed by atoms with Crippen LogP contribution in [0.5, 0.6) is 23.0 Å². The number of carbonyl (C=O) groups is 2. The van der Waals surface area contributed by atoms with Crippen molar-refractivity contribution in [1.29, 1.82) is 0 Å².